The molecule has 0 unspecified atom stereocenters. The fourth-order valence-electron chi connectivity index (χ4n) is 2.59. The predicted molar refractivity (Wildman–Crippen MR) is 103 cm³/mol. The summed E-state index contributed by atoms with van der Waals surface area (Å²) in [5, 5.41) is 9.51. The van der Waals surface area contributed by atoms with Gasteiger partial charge >= 0.3 is 5.97 Å². The van der Waals surface area contributed by atoms with Crippen LogP contribution >= 0.6 is 23.2 Å². The minimum atomic E-state index is -3.53. The first-order chi connectivity index (χ1) is 12.3. The zero-order valence-electron chi connectivity index (χ0n) is 14.3. The smallest absolute Gasteiger partial charge is 0.311 e. The molecule has 146 valence electrons. The average Bonchev–Trinajstić information content (AvgIpc) is 2.49. The molecule has 0 amide bonds. The number of carboxylic acid groups (broad SMARTS) is 1. The number of benzene rings is 2. The van der Waals surface area contributed by atoms with E-state index in [2.05, 4.69) is 0 Å². The predicted octanol–water partition coefficient (Wildman–Crippen LogP) is 3.21. The standard InChI is InChI=1S/C17H16Cl2O6S2/c1-26(22,23)15-5-3-10(8-13(15)18)7-12(17(20)21)11-4-6-16(14(19)9-11)27(2,24)25/h3-6,8-9,12H,7H2,1-2H3,(H,20,21)/t12-/m1/s1. The van der Waals surface area contributed by atoms with E-state index < -0.39 is 31.6 Å². The van der Waals surface area contributed by atoms with Crippen molar-refractivity contribution in [1.82, 2.24) is 0 Å². The molecule has 2 aromatic carbocycles. The number of hydrogen-bond acceptors (Lipinski definition) is 5. The fraction of sp³-hybridized carbons (Fsp3) is 0.235. The molecular weight excluding hydrogens is 435 g/mol. The fourth-order valence-corrected chi connectivity index (χ4v) is 5.28. The third kappa shape index (κ3) is 5.22. The number of rotatable bonds is 6. The Hall–Kier alpha value is -1.61. The topological polar surface area (TPSA) is 106 Å². The van der Waals surface area contributed by atoms with Crippen LogP contribution in [-0.2, 0) is 30.9 Å². The summed E-state index contributed by atoms with van der Waals surface area (Å²) in [6.07, 6.45) is 2.06. The van der Waals surface area contributed by atoms with Crippen LogP contribution in [0.15, 0.2) is 46.2 Å². The van der Waals surface area contributed by atoms with Gasteiger partial charge < -0.3 is 5.11 Å². The van der Waals surface area contributed by atoms with Crippen LogP contribution in [0, 0.1) is 0 Å². The minimum absolute atomic E-state index is 0.00426. The first-order valence-electron chi connectivity index (χ1n) is 7.51. The quantitative estimate of drug-likeness (QED) is 0.723. The van der Waals surface area contributed by atoms with Gasteiger partial charge in [-0.2, -0.15) is 0 Å². The lowest BCUT2D eigenvalue weighted by Crippen LogP contribution is -2.15. The lowest BCUT2D eigenvalue weighted by atomic mass is 9.92. The van der Waals surface area contributed by atoms with E-state index in [9.17, 15) is 26.7 Å². The molecule has 1 N–H and O–H groups in total. The Balaban J connectivity index is 2.41. The number of carboxylic acids is 1. The second-order valence-corrected chi connectivity index (χ2v) is 10.9. The molecule has 6 nitrogen and oxygen atoms in total. The highest BCUT2D eigenvalue weighted by molar-refractivity contribution is 7.91. The Morgan fingerprint density at radius 3 is 1.81 bits per heavy atom. The third-order valence-electron chi connectivity index (χ3n) is 3.89. The van der Waals surface area contributed by atoms with Crippen molar-refractivity contribution in [3.8, 4) is 0 Å². The molecule has 0 aliphatic heterocycles. The van der Waals surface area contributed by atoms with Crippen LogP contribution in [0.3, 0.4) is 0 Å². The maximum atomic E-state index is 11.7. The highest BCUT2D eigenvalue weighted by atomic mass is 35.5. The van der Waals surface area contributed by atoms with Gasteiger partial charge in [0, 0.05) is 12.5 Å². The van der Waals surface area contributed by atoms with Gasteiger partial charge in [-0.3, -0.25) is 4.79 Å². The first kappa shape index (κ1) is 21.7. The van der Waals surface area contributed by atoms with Gasteiger partial charge in [-0.05, 0) is 41.8 Å². The number of aliphatic carboxylic acids is 1. The van der Waals surface area contributed by atoms with E-state index in [0.717, 1.165) is 12.5 Å². The summed E-state index contributed by atoms with van der Waals surface area (Å²) in [4.78, 5) is 11.6. The minimum Gasteiger partial charge on any atom is -0.481 e. The molecule has 0 heterocycles. The summed E-state index contributed by atoms with van der Waals surface area (Å²) in [6, 6.07) is 8.19. The number of halogens is 2. The Morgan fingerprint density at radius 2 is 1.41 bits per heavy atom. The number of hydrogen-bond donors (Lipinski definition) is 1. The molecule has 0 aliphatic rings. The molecule has 0 bridgehead atoms. The molecule has 27 heavy (non-hydrogen) atoms. The Labute approximate surface area is 167 Å². The van der Waals surface area contributed by atoms with E-state index >= 15 is 0 Å². The Morgan fingerprint density at radius 1 is 0.926 bits per heavy atom. The van der Waals surface area contributed by atoms with E-state index in [1.807, 2.05) is 0 Å². The molecule has 0 aliphatic carbocycles. The molecule has 0 spiro atoms. The molecule has 2 rings (SSSR count). The van der Waals surface area contributed by atoms with Gasteiger partial charge in [-0.1, -0.05) is 35.3 Å². The van der Waals surface area contributed by atoms with Crippen molar-refractivity contribution >= 4 is 48.8 Å². The van der Waals surface area contributed by atoms with Crippen LogP contribution in [0.1, 0.15) is 17.0 Å². The van der Waals surface area contributed by atoms with Crippen molar-refractivity contribution in [3.05, 3.63) is 57.6 Å². The van der Waals surface area contributed by atoms with Crippen LogP contribution in [0.5, 0.6) is 0 Å². The van der Waals surface area contributed by atoms with Crippen molar-refractivity contribution in [2.24, 2.45) is 0 Å². The van der Waals surface area contributed by atoms with Crippen LogP contribution in [0.4, 0.5) is 0 Å². The molecule has 2 aromatic rings. The van der Waals surface area contributed by atoms with E-state index in [1.165, 1.54) is 36.4 Å². The van der Waals surface area contributed by atoms with E-state index in [4.69, 9.17) is 23.2 Å². The summed E-state index contributed by atoms with van der Waals surface area (Å²) >= 11 is 12.0. The van der Waals surface area contributed by atoms with Crippen LogP contribution in [0.25, 0.3) is 0 Å². The molecule has 0 saturated heterocycles. The highest BCUT2D eigenvalue weighted by Crippen LogP contribution is 2.30. The summed E-state index contributed by atoms with van der Waals surface area (Å²) in [7, 11) is -7.03. The van der Waals surface area contributed by atoms with Crippen LogP contribution < -0.4 is 0 Å². The van der Waals surface area contributed by atoms with Crippen molar-refractivity contribution in [2.45, 2.75) is 22.1 Å². The number of carbonyl (C=O) groups is 1. The van der Waals surface area contributed by atoms with Gasteiger partial charge in [0.1, 0.15) is 0 Å². The van der Waals surface area contributed by atoms with Crippen LogP contribution in [0.2, 0.25) is 10.0 Å². The molecule has 10 heteroatoms. The number of sulfone groups is 2. The zero-order valence-corrected chi connectivity index (χ0v) is 17.5. The molecule has 0 radical (unpaired) electrons. The zero-order chi connectivity index (χ0) is 20.6. The van der Waals surface area contributed by atoms with E-state index in [-0.39, 0.29) is 26.3 Å². The highest BCUT2D eigenvalue weighted by Gasteiger charge is 2.23. The molecule has 0 saturated carbocycles. The monoisotopic (exact) mass is 450 g/mol. The van der Waals surface area contributed by atoms with E-state index in [0.29, 0.717) is 11.1 Å². The van der Waals surface area contributed by atoms with Gasteiger partial charge in [0.25, 0.3) is 0 Å². The van der Waals surface area contributed by atoms with E-state index in [1.54, 1.807) is 0 Å². The normalized spacial score (nSPS) is 13.3. The summed E-state index contributed by atoms with van der Waals surface area (Å²) in [6.45, 7) is 0. The maximum Gasteiger partial charge on any atom is 0.311 e. The summed E-state index contributed by atoms with van der Waals surface area (Å²) < 4.78 is 46.5. The maximum absolute atomic E-state index is 11.7. The molecular formula is C17H16Cl2O6S2. The average molecular weight is 451 g/mol. The van der Waals surface area contributed by atoms with Gasteiger partial charge in [0.15, 0.2) is 19.7 Å². The second-order valence-electron chi connectivity index (χ2n) is 6.09. The molecule has 0 aromatic heterocycles. The summed E-state index contributed by atoms with van der Waals surface area (Å²) in [5.41, 5.74) is 0.839. The largest absolute Gasteiger partial charge is 0.481 e. The summed E-state index contributed by atoms with van der Waals surface area (Å²) in [5.74, 6) is -2.15. The van der Waals surface area contributed by atoms with Gasteiger partial charge in [0.05, 0.1) is 25.8 Å². The van der Waals surface area contributed by atoms with Crippen molar-refractivity contribution < 1.29 is 26.7 Å². The van der Waals surface area contributed by atoms with Gasteiger partial charge in [-0.15, -0.1) is 0 Å². The van der Waals surface area contributed by atoms with Crippen molar-refractivity contribution in [2.75, 3.05) is 12.5 Å². The Kier molecular flexibility index (Phi) is 6.26. The lowest BCUT2D eigenvalue weighted by molar-refractivity contribution is -0.138. The Bertz CT molecular complexity index is 1110. The first-order valence-corrected chi connectivity index (χ1v) is 12.1. The molecule has 1 atom stereocenters. The SMILES string of the molecule is CS(=O)(=O)c1ccc(C[C@@H](C(=O)O)c2ccc(S(C)(=O)=O)c(Cl)c2)cc1Cl. The van der Waals surface area contributed by atoms with Crippen molar-refractivity contribution in [3.63, 3.8) is 0 Å². The third-order valence-corrected chi connectivity index (χ3v) is 7.05. The van der Waals surface area contributed by atoms with Crippen molar-refractivity contribution in [1.29, 1.82) is 0 Å². The molecule has 0 fully saturated rings. The van der Waals surface area contributed by atoms with Gasteiger partial charge in [-0.25, -0.2) is 16.8 Å². The van der Waals surface area contributed by atoms with Crippen LogP contribution in [-0.4, -0.2) is 40.4 Å². The second kappa shape index (κ2) is 7.79. The van der Waals surface area contributed by atoms with Gasteiger partial charge in [0.2, 0.25) is 0 Å². The lowest BCUT2D eigenvalue weighted by Gasteiger charge is -2.15.